The molecule has 1 N–H and O–H groups in total. The van der Waals surface area contributed by atoms with Crippen LogP contribution >= 0.6 is 24.0 Å². The van der Waals surface area contributed by atoms with E-state index in [-0.39, 0.29) is 24.0 Å². The van der Waals surface area contributed by atoms with Crippen molar-refractivity contribution in [1.82, 2.24) is 20.2 Å². The first kappa shape index (κ1) is 25.9. The highest BCUT2D eigenvalue weighted by Crippen LogP contribution is 2.12. The van der Waals surface area contributed by atoms with Crippen LogP contribution in [0.5, 0.6) is 0 Å². The molecule has 2 aromatic carbocycles. The Morgan fingerprint density at radius 2 is 1.47 bits per heavy atom. The van der Waals surface area contributed by atoms with Crippen LogP contribution in [0.2, 0.25) is 0 Å². The molecule has 8 heteroatoms. The number of halogens is 1. The highest BCUT2D eigenvalue weighted by Gasteiger charge is 2.21. The van der Waals surface area contributed by atoms with Crippen molar-refractivity contribution in [1.29, 1.82) is 0 Å². The maximum Gasteiger partial charge on any atom is 0.225 e. The van der Waals surface area contributed by atoms with Gasteiger partial charge >= 0.3 is 0 Å². The van der Waals surface area contributed by atoms with Gasteiger partial charge in [0.15, 0.2) is 5.96 Å². The smallest absolute Gasteiger partial charge is 0.225 e. The van der Waals surface area contributed by atoms with Gasteiger partial charge in [-0.1, -0.05) is 54.6 Å². The van der Waals surface area contributed by atoms with Gasteiger partial charge < -0.3 is 19.9 Å². The second-order valence-electron chi connectivity index (χ2n) is 7.99. The summed E-state index contributed by atoms with van der Waals surface area (Å²) in [7, 11) is 0. The van der Waals surface area contributed by atoms with Crippen LogP contribution in [-0.2, 0) is 24.5 Å². The second-order valence-corrected chi connectivity index (χ2v) is 7.99. The Morgan fingerprint density at radius 3 is 2.12 bits per heavy atom. The van der Waals surface area contributed by atoms with E-state index in [2.05, 4.69) is 68.4 Å². The summed E-state index contributed by atoms with van der Waals surface area (Å²) in [5.74, 6) is 1.76. The Bertz CT molecular complexity index is 993. The monoisotopic (exact) mass is 572 g/mol. The third-order valence-corrected chi connectivity index (χ3v) is 5.56. The lowest BCUT2D eigenvalue weighted by Crippen LogP contribution is -2.52. The van der Waals surface area contributed by atoms with Crippen LogP contribution in [0.4, 0.5) is 5.95 Å². The normalized spacial score (nSPS) is 14.0. The molecule has 0 aliphatic carbocycles. The molecule has 1 saturated heterocycles. The second kappa shape index (κ2) is 13.9. The summed E-state index contributed by atoms with van der Waals surface area (Å²) in [6, 6.07) is 20.6. The summed E-state index contributed by atoms with van der Waals surface area (Å²) in [6.07, 6.45) is 3.59. The molecular weight excluding hydrogens is 539 g/mol. The summed E-state index contributed by atoms with van der Waals surface area (Å²) in [5.41, 5.74) is 3.55. The molecule has 7 nitrogen and oxygen atoms in total. The lowest BCUT2D eigenvalue weighted by Gasteiger charge is -2.36. The van der Waals surface area contributed by atoms with Crippen molar-refractivity contribution < 1.29 is 4.74 Å². The number of piperazine rings is 1. The first-order valence-corrected chi connectivity index (χ1v) is 11.6. The molecule has 3 aromatic rings. The average Bonchev–Trinajstić information content (AvgIpc) is 2.89. The van der Waals surface area contributed by atoms with Gasteiger partial charge in [-0.25, -0.2) is 15.0 Å². The highest BCUT2D eigenvalue weighted by atomic mass is 127. The quantitative estimate of drug-likeness (QED) is 0.249. The van der Waals surface area contributed by atoms with Gasteiger partial charge in [0.25, 0.3) is 0 Å². The first-order chi connectivity index (χ1) is 16.3. The standard InChI is InChI=1S/C26H32N6O.HI/c1-2-27-25(31-15-17-32(18-16-31)26-28-13-6-14-29-26)30-19-22-9-11-24(12-10-22)21-33-20-23-7-4-3-5-8-23;/h3-14H,2,15-21H2,1H3,(H,27,30);1H. The molecule has 0 unspecified atom stereocenters. The van der Waals surface area contributed by atoms with Crippen molar-refractivity contribution in [3.8, 4) is 0 Å². The Kier molecular flexibility index (Phi) is 10.6. The van der Waals surface area contributed by atoms with Crippen LogP contribution in [0.25, 0.3) is 0 Å². The van der Waals surface area contributed by atoms with E-state index in [9.17, 15) is 0 Å². The predicted molar refractivity (Wildman–Crippen MR) is 147 cm³/mol. The molecule has 34 heavy (non-hydrogen) atoms. The van der Waals surface area contributed by atoms with Crippen molar-refractivity contribution in [2.45, 2.75) is 26.7 Å². The minimum atomic E-state index is 0. The average molecular weight is 572 g/mol. The van der Waals surface area contributed by atoms with Gasteiger partial charge in [0, 0.05) is 45.1 Å². The predicted octanol–water partition coefficient (Wildman–Crippen LogP) is 4.10. The number of anilines is 1. The first-order valence-electron chi connectivity index (χ1n) is 11.6. The Labute approximate surface area is 219 Å². The third-order valence-electron chi connectivity index (χ3n) is 5.56. The summed E-state index contributed by atoms with van der Waals surface area (Å²) in [6.45, 7) is 8.38. The molecule has 0 amide bonds. The molecule has 1 aliphatic rings. The van der Waals surface area contributed by atoms with Crippen LogP contribution in [0, 0.1) is 0 Å². The van der Waals surface area contributed by atoms with Crippen molar-refractivity contribution in [3.63, 3.8) is 0 Å². The van der Waals surface area contributed by atoms with E-state index in [1.54, 1.807) is 12.4 Å². The molecule has 2 heterocycles. The number of nitrogens with one attached hydrogen (secondary N) is 1. The number of benzene rings is 2. The maximum atomic E-state index is 5.84. The van der Waals surface area contributed by atoms with Crippen molar-refractivity contribution in [2.75, 3.05) is 37.6 Å². The fraction of sp³-hybridized carbons (Fsp3) is 0.346. The number of guanidine groups is 1. The molecule has 1 fully saturated rings. The minimum Gasteiger partial charge on any atom is -0.372 e. The van der Waals surface area contributed by atoms with Gasteiger partial charge in [-0.2, -0.15) is 0 Å². The summed E-state index contributed by atoms with van der Waals surface area (Å²) in [4.78, 5) is 18.2. The van der Waals surface area contributed by atoms with E-state index < -0.39 is 0 Å². The third kappa shape index (κ3) is 7.66. The zero-order valence-electron chi connectivity index (χ0n) is 19.6. The fourth-order valence-corrected chi connectivity index (χ4v) is 3.77. The fourth-order valence-electron chi connectivity index (χ4n) is 3.77. The molecule has 0 saturated carbocycles. The summed E-state index contributed by atoms with van der Waals surface area (Å²) < 4.78 is 5.84. The van der Waals surface area contributed by atoms with Crippen LogP contribution in [0.15, 0.2) is 78.0 Å². The number of aliphatic imine (C=N–C) groups is 1. The van der Waals surface area contributed by atoms with E-state index in [4.69, 9.17) is 9.73 Å². The van der Waals surface area contributed by atoms with Crippen LogP contribution in [0.1, 0.15) is 23.6 Å². The number of rotatable bonds is 8. The van der Waals surface area contributed by atoms with Crippen molar-refractivity contribution >= 4 is 35.9 Å². The van der Waals surface area contributed by atoms with E-state index in [0.29, 0.717) is 19.8 Å². The molecule has 180 valence electrons. The Balaban J connectivity index is 0.00000324. The molecule has 0 spiro atoms. The molecule has 0 radical (unpaired) electrons. The summed E-state index contributed by atoms with van der Waals surface area (Å²) in [5, 5.41) is 3.44. The lowest BCUT2D eigenvalue weighted by atomic mass is 10.1. The lowest BCUT2D eigenvalue weighted by molar-refractivity contribution is 0.107. The Hall–Kier alpha value is -2.72. The minimum absolute atomic E-state index is 0. The molecular formula is C26H33IN6O. The van der Waals surface area contributed by atoms with Gasteiger partial charge in [0.05, 0.1) is 19.8 Å². The SMILES string of the molecule is CCNC(=NCc1ccc(COCc2ccccc2)cc1)N1CCN(c2ncccn2)CC1.I. The van der Waals surface area contributed by atoms with E-state index in [1.165, 1.54) is 16.7 Å². The number of nitrogens with zero attached hydrogens (tertiary/aromatic N) is 5. The zero-order chi connectivity index (χ0) is 22.7. The number of ether oxygens (including phenoxy) is 1. The maximum absolute atomic E-state index is 5.84. The molecule has 0 bridgehead atoms. The van der Waals surface area contributed by atoms with Gasteiger partial charge in [-0.05, 0) is 29.7 Å². The van der Waals surface area contributed by atoms with Crippen molar-refractivity contribution in [2.24, 2.45) is 4.99 Å². The highest BCUT2D eigenvalue weighted by molar-refractivity contribution is 14.0. The largest absolute Gasteiger partial charge is 0.372 e. The zero-order valence-corrected chi connectivity index (χ0v) is 22.0. The number of hydrogen-bond donors (Lipinski definition) is 1. The van der Waals surface area contributed by atoms with Crippen LogP contribution in [0.3, 0.4) is 0 Å². The van der Waals surface area contributed by atoms with Crippen LogP contribution in [-0.4, -0.2) is 53.6 Å². The van der Waals surface area contributed by atoms with Crippen LogP contribution < -0.4 is 10.2 Å². The number of aromatic nitrogens is 2. The molecule has 1 aromatic heterocycles. The molecule has 4 rings (SSSR count). The Morgan fingerprint density at radius 1 is 0.853 bits per heavy atom. The summed E-state index contributed by atoms with van der Waals surface area (Å²) >= 11 is 0. The van der Waals surface area contributed by atoms with Gasteiger partial charge in [0.1, 0.15) is 0 Å². The topological polar surface area (TPSA) is 65.9 Å². The van der Waals surface area contributed by atoms with E-state index >= 15 is 0 Å². The van der Waals surface area contributed by atoms with Gasteiger partial charge in [0.2, 0.25) is 5.95 Å². The molecule has 1 aliphatic heterocycles. The van der Waals surface area contributed by atoms with Gasteiger partial charge in [-0.15, -0.1) is 24.0 Å². The number of hydrogen-bond acceptors (Lipinski definition) is 5. The van der Waals surface area contributed by atoms with Crippen molar-refractivity contribution in [3.05, 3.63) is 89.7 Å². The van der Waals surface area contributed by atoms with Gasteiger partial charge in [-0.3, -0.25) is 0 Å². The van der Waals surface area contributed by atoms with E-state index in [0.717, 1.165) is 44.6 Å². The molecule has 0 atom stereocenters. The van der Waals surface area contributed by atoms with E-state index in [1.807, 2.05) is 24.3 Å².